The van der Waals surface area contributed by atoms with Crippen molar-refractivity contribution in [3.63, 3.8) is 0 Å². The lowest BCUT2D eigenvalue weighted by Gasteiger charge is -2.04. The minimum atomic E-state index is -0.983. The molecule has 2 heterocycles. The molecule has 94 valence electrons. The van der Waals surface area contributed by atoms with E-state index < -0.39 is 5.97 Å². The zero-order chi connectivity index (χ0) is 13.2. The van der Waals surface area contributed by atoms with E-state index in [1.165, 1.54) is 0 Å². The van der Waals surface area contributed by atoms with Gasteiger partial charge in [0.2, 0.25) is 0 Å². The summed E-state index contributed by atoms with van der Waals surface area (Å²) >= 11 is 0. The quantitative estimate of drug-likeness (QED) is 0.767. The first kappa shape index (κ1) is 11.3. The summed E-state index contributed by atoms with van der Waals surface area (Å²) in [6.07, 6.45) is 3.37. The Kier molecular flexibility index (Phi) is 2.68. The predicted molar refractivity (Wildman–Crippen MR) is 67.8 cm³/mol. The van der Waals surface area contributed by atoms with E-state index in [0.717, 1.165) is 5.56 Å². The number of carboxylic acid groups (broad SMARTS) is 1. The van der Waals surface area contributed by atoms with Gasteiger partial charge in [0.1, 0.15) is 11.0 Å². The third-order valence-corrected chi connectivity index (χ3v) is 2.85. The van der Waals surface area contributed by atoms with Crippen LogP contribution in [0.15, 0.2) is 42.7 Å². The van der Waals surface area contributed by atoms with Gasteiger partial charge in [-0.3, -0.25) is 4.98 Å². The summed E-state index contributed by atoms with van der Waals surface area (Å²) in [6, 6.07) is 8.68. The minimum absolute atomic E-state index is 0.205. The van der Waals surface area contributed by atoms with E-state index in [0.29, 0.717) is 17.6 Å². The van der Waals surface area contributed by atoms with Crippen molar-refractivity contribution in [3.05, 3.63) is 53.9 Å². The number of rotatable bonds is 3. The minimum Gasteiger partial charge on any atom is -0.478 e. The molecule has 0 aliphatic heterocycles. The molecule has 1 N–H and O–H groups in total. The fraction of sp³-hybridized carbons (Fsp3) is 0.0769. The van der Waals surface area contributed by atoms with Gasteiger partial charge in [-0.1, -0.05) is 11.3 Å². The molecule has 0 amide bonds. The van der Waals surface area contributed by atoms with Crippen LogP contribution in [-0.2, 0) is 6.54 Å². The van der Waals surface area contributed by atoms with Gasteiger partial charge in [-0.05, 0) is 29.8 Å². The van der Waals surface area contributed by atoms with Gasteiger partial charge in [0.25, 0.3) is 0 Å². The molecule has 0 bridgehead atoms. The molecular formula is C13H10N4O2. The van der Waals surface area contributed by atoms with Gasteiger partial charge in [-0.25, -0.2) is 9.48 Å². The van der Waals surface area contributed by atoms with Crippen molar-refractivity contribution in [1.29, 1.82) is 0 Å². The van der Waals surface area contributed by atoms with Crippen molar-refractivity contribution in [3.8, 4) is 0 Å². The number of para-hydroxylation sites is 1. The topological polar surface area (TPSA) is 80.9 Å². The maximum atomic E-state index is 11.2. The van der Waals surface area contributed by atoms with Crippen molar-refractivity contribution in [2.45, 2.75) is 6.54 Å². The van der Waals surface area contributed by atoms with E-state index in [9.17, 15) is 9.90 Å². The largest absolute Gasteiger partial charge is 0.478 e. The summed E-state index contributed by atoms with van der Waals surface area (Å²) in [6.45, 7) is 0.462. The highest BCUT2D eigenvalue weighted by Crippen LogP contribution is 2.17. The molecule has 0 unspecified atom stereocenters. The highest BCUT2D eigenvalue weighted by molar-refractivity contribution is 6.00. The number of aromatic carboxylic acids is 1. The van der Waals surface area contributed by atoms with Crippen LogP contribution in [0.2, 0.25) is 0 Å². The Bertz CT molecular complexity index is 737. The SMILES string of the molecule is O=C(O)c1cccc2nnn(Cc3ccncc3)c12. The number of carboxylic acids is 1. The molecule has 0 aliphatic rings. The Labute approximate surface area is 108 Å². The lowest BCUT2D eigenvalue weighted by Crippen LogP contribution is -2.06. The monoisotopic (exact) mass is 254 g/mol. The average Bonchev–Trinajstić information content (AvgIpc) is 2.83. The van der Waals surface area contributed by atoms with Crippen LogP contribution in [0.4, 0.5) is 0 Å². The Morgan fingerprint density at radius 2 is 2.00 bits per heavy atom. The third kappa shape index (κ3) is 2.03. The van der Waals surface area contributed by atoms with Crippen LogP contribution in [0.5, 0.6) is 0 Å². The second-order valence-corrected chi connectivity index (χ2v) is 4.08. The Balaban J connectivity index is 2.12. The number of benzene rings is 1. The number of hydrogen-bond donors (Lipinski definition) is 1. The average molecular weight is 254 g/mol. The first-order valence-corrected chi connectivity index (χ1v) is 5.70. The maximum Gasteiger partial charge on any atom is 0.337 e. The van der Waals surface area contributed by atoms with E-state index in [4.69, 9.17) is 0 Å². The van der Waals surface area contributed by atoms with Gasteiger partial charge < -0.3 is 5.11 Å². The molecule has 0 radical (unpaired) electrons. The summed E-state index contributed by atoms with van der Waals surface area (Å²) < 4.78 is 1.59. The standard InChI is InChI=1S/C13H10N4O2/c18-13(19)10-2-1-3-11-12(10)17(16-15-11)8-9-4-6-14-7-5-9/h1-7H,8H2,(H,18,19). The second-order valence-electron chi connectivity index (χ2n) is 4.08. The molecule has 0 saturated heterocycles. The maximum absolute atomic E-state index is 11.2. The van der Waals surface area contributed by atoms with Crippen molar-refractivity contribution in [2.75, 3.05) is 0 Å². The number of fused-ring (bicyclic) bond motifs is 1. The summed E-state index contributed by atoms with van der Waals surface area (Å²) in [5.74, 6) is -0.983. The molecule has 3 rings (SSSR count). The van der Waals surface area contributed by atoms with E-state index in [1.54, 1.807) is 35.3 Å². The Morgan fingerprint density at radius 1 is 1.21 bits per heavy atom. The van der Waals surface area contributed by atoms with Gasteiger partial charge in [-0.2, -0.15) is 0 Å². The van der Waals surface area contributed by atoms with Crippen molar-refractivity contribution in [2.24, 2.45) is 0 Å². The zero-order valence-corrected chi connectivity index (χ0v) is 9.89. The number of pyridine rings is 1. The summed E-state index contributed by atoms with van der Waals surface area (Å²) in [4.78, 5) is 15.2. The molecule has 0 aliphatic carbocycles. The molecule has 0 fully saturated rings. The number of aromatic nitrogens is 4. The van der Waals surface area contributed by atoms with Crippen LogP contribution in [0.3, 0.4) is 0 Å². The normalized spacial score (nSPS) is 10.7. The molecule has 0 saturated carbocycles. The van der Waals surface area contributed by atoms with Crippen LogP contribution in [0, 0.1) is 0 Å². The first-order valence-electron chi connectivity index (χ1n) is 5.70. The van der Waals surface area contributed by atoms with E-state index in [-0.39, 0.29) is 5.56 Å². The number of hydrogen-bond acceptors (Lipinski definition) is 4. The molecule has 6 nitrogen and oxygen atoms in total. The van der Waals surface area contributed by atoms with Gasteiger partial charge in [0.15, 0.2) is 0 Å². The third-order valence-electron chi connectivity index (χ3n) is 2.85. The molecule has 2 aromatic heterocycles. The van der Waals surface area contributed by atoms with E-state index >= 15 is 0 Å². The van der Waals surface area contributed by atoms with Crippen LogP contribution in [0.25, 0.3) is 11.0 Å². The zero-order valence-electron chi connectivity index (χ0n) is 9.89. The van der Waals surface area contributed by atoms with Crippen molar-refractivity contribution >= 4 is 17.0 Å². The van der Waals surface area contributed by atoms with Crippen LogP contribution in [-0.4, -0.2) is 31.1 Å². The van der Waals surface area contributed by atoms with Crippen molar-refractivity contribution in [1.82, 2.24) is 20.0 Å². The van der Waals surface area contributed by atoms with E-state index in [1.807, 2.05) is 12.1 Å². The molecular weight excluding hydrogens is 244 g/mol. The molecule has 3 aromatic rings. The van der Waals surface area contributed by atoms with E-state index in [2.05, 4.69) is 15.3 Å². The second kappa shape index (κ2) is 4.49. The lowest BCUT2D eigenvalue weighted by molar-refractivity contribution is 0.0698. The van der Waals surface area contributed by atoms with Gasteiger partial charge >= 0.3 is 5.97 Å². The van der Waals surface area contributed by atoms with Gasteiger partial charge in [-0.15, -0.1) is 5.10 Å². The summed E-state index contributed by atoms with van der Waals surface area (Å²) in [7, 11) is 0. The predicted octanol–water partition coefficient (Wildman–Crippen LogP) is 1.57. The molecule has 0 spiro atoms. The molecule has 19 heavy (non-hydrogen) atoms. The van der Waals surface area contributed by atoms with Gasteiger partial charge in [0, 0.05) is 12.4 Å². The summed E-state index contributed by atoms with van der Waals surface area (Å²) in [5, 5.41) is 17.2. The first-order chi connectivity index (χ1) is 9.25. The fourth-order valence-electron chi connectivity index (χ4n) is 1.97. The number of nitrogens with zero attached hydrogens (tertiary/aromatic N) is 4. The number of carbonyl (C=O) groups is 1. The molecule has 6 heteroatoms. The van der Waals surface area contributed by atoms with Crippen LogP contribution >= 0.6 is 0 Å². The molecule has 1 aromatic carbocycles. The van der Waals surface area contributed by atoms with Gasteiger partial charge in [0.05, 0.1) is 12.1 Å². The molecule has 0 atom stereocenters. The van der Waals surface area contributed by atoms with Crippen LogP contribution in [0.1, 0.15) is 15.9 Å². The lowest BCUT2D eigenvalue weighted by atomic mass is 10.2. The Hall–Kier alpha value is -2.76. The highest BCUT2D eigenvalue weighted by atomic mass is 16.4. The van der Waals surface area contributed by atoms with Crippen LogP contribution < -0.4 is 0 Å². The smallest absolute Gasteiger partial charge is 0.337 e. The van der Waals surface area contributed by atoms with Crippen molar-refractivity contribution < 1.29 is 9.90 Å². The highest BCUT2D eigenvalue weighted by Gasteiger charge is 2.14. The fourth-order valence-corrected chi connectivity index (χ4v) is 1.97. The summed E-state index contributed by atoms with van der Waals surface area (Å²) in [5.41, 5.74) is 2.30. The Morgan fingerprint density at radius 3 is 2.74 bits per heavy atom.